The molecule has 3 nitrogen and oxygen atoms in total. The van der Waals surface area contributed by atoms with Gasteiger partial charge in [0.2, 0.25) is 5.91 Å². The molecule has 1 aliphatic heterocycles. The van der Waals surface area contributed by atoms with Crippen molar-refractivity contribution in [2.75, 3.05) is 10.6 Å². The van der Waals surface area contributed by atoms with Crippen LogP contribution < -0.4 is 10.6 Å². The molecule has 2 N–H and O–H groups in total. The number of para-hydroxylation sites is 1. The van der Waals surface area contributed by atoms with Gasteiger partial charge < -0.3 is 10.6 Å². The van der Waals surface area contributed by atoms with E-state index in [1.54, 1.807) is 0 Å². The first kappa shape index (κ1) is 12.7. The third kappa shape index (κ3) is 1.86. The Morgan fingerprint density at radius 2 is 1.90 bits per heavy atom. The van der Waals surface area contributed by atoms with E-state index >= 15 is 0 Å². The molecule has 0 aromatic heterocycles. The second-order valence-corrected chi connectivity index (χ2v) is 5.36. The van der Waals surface area contributed by atoms with Crippen molar-refractivity contribution in [3.8, 4) is 0 Å². The fourth-order valence-corrected chi connectivity index (χ4v) is 2.83. The maximum atomic E-state index is 12.5. The Morgan fingerprint density at radius 3 is 2.65 bits per heavy atom. The van der Waals surface area contributed by atoms with E-state index in [9.17, 15) is 4.79 Å². The van der Waals surface area contributed by atoms with Gasteiger partial charge in [0.15, 0.2) is 0 Å². The molecule has 2 aromatic carbocycles. The van der Waals surface area contributed by atoms with Gasteiger partial charge in [-0.2, -0.15) is 0 Å². The number of carbonyl (C=O) groups is 1. The lowest BCUT2D eigenvalue weighted by molar-refractivity contribution is -0.119. The molecule has 0 bridgehead atoms. The summed E-state index contributed by atoms with van der Waals surface area (Å²) in [6.07, 6.45) is 0. The van der Waals surface area contributed by atoms with Crippen LogP contribution >= 0.6 is 0 Å². The van der Waals surface area contributed by atoms with Crippen LogP contribution in [0.15, 0.2) is 42.5 Å². The Balaban J connectivity index is 2.04. The number of anilines is 2. The van der Waals surface area contributed by atoms with Crippen molar-refractivity contribution in [2.24, 2.45) is 0 Å². The highest BCUT2D eigenvalue weighted by Crippen LogP contribution is 2.41. The highest BCUT2D eigenvalue weighted by atomic mass is 16.2. The Labute approximate surface area is 119 Å². The van der Waals surface area contributed by atoms with E-state index in [-0.39, 0.29) is 11.8 Å². The maximum Gasteiger partial charge on any atom is 0.234 e. The van der Waals surface area contributed by atoms with Crippen molar-refractivity contribution < 1.29 is 4.79 Å². The molecule has 20 heavy (non-hydrogen) atoms. The van der Waals surface area contributed by atoms with E-state index in [1.807, 2.05) is 42.2 Å². The molecule has 1 unspecified atom stereocenters. The van der Waals surface area contributed by atoms with Gasteiger partial charge in [0, 0.05) is 0 Å². The van der Waals surface area contributed by atoms with Crippen LogP contribution in [-0.4, -0.2) is 5.91 Å². The molecule has 0 aliphatic carbocycles. The van der Waals surface area contributed by atoms with E-state index in [0.717, 1.165) is 16.8 Å². The molecule has 1 heterocycles. The minimum atomic E-state index is -0.113. The van der Waals surface area contributed by atoms with Gasteiger partial charge in [0.1, 0.15) is 0 Å². The number of amides is 1. The molecule has 0 saturated carbocycles. The fourth-order valence-electron chi connectivity index (χ4n) is 2.83. The van der Waals surface area contributed by atoms with E-state index < -0.39 is 0 Å². The minimum absolute atomic E-state index is 0.113. The van der Waals surface area contributed by atoms with Crippen LogP contribution in [-0.2, 0) is 11.3 Å². The van der Waals surface area contributed by atoms with Gasteiger partial charge in [-0.15, -0.1) is 0 Å². The highest BCUT2D eigenvalue weighted by Gasteiger charge is 2.35. The topological polar surface area (TPSA) is 46.3 Å². The zero-order valence-electron chi connectivity index (χ0n) is 11.8. The molecule has 1 amide bonds. The van der Waals surface area contributed by atoms with Crippen molar-refractivity contribution in [2.45, 2.75) is 26.3 Å². The molecule has 102 valence electrons. The van der Waals surface area contributed by atoms with Crippen molar-refractivity contribution >= 4 is 17.3 Å². The van der Waals surface area contributed by atoms with Crippen LogP contribution in [0.5, 0.6) is 0 Å². The SMILES string of the molecule is Cc1ccccc1CN1C(=O)C(C)c2cccc(N)c21. The summed E-state index contributed by atoms with van der Waals surface area (Å²) in [6.45, 7) is 4.59. The van der Waals surface area contributed by atoms with E-state index in [1.165, 1.54) is 5.56 Å². The lowest BCUT2D eigenvalue weighted by Crippen LogP contribution is -2.28. The lowest BCUT2D eigenvalue weighted by atomic mass is 10.0. The van der Waals surface area contributed by atoms with Crippen molar-refractivity contribution in [1.82, 2.24) is 0 Å². The average Bonchev–Trinajstić information content (AvgIpc) is 2.68. The Hall–Kier alpha value is -2.29. The number of nitrogen functional groups attached to an aromatic ring is 1. The van der Waals surface area contributed by atoms with E-state index in [2.05, 4.69) is 19.1 Å². The molecule has 3 rings (SSSR count). The first-order valence-corrected chi connectivity index (χ1v) is 6.84. The van der Waals surface area contributed by atoms with Crippen LogP contribution in [0, 0.1) is 6.92 Å². The van der Waals surface area contributed by atoms with Crippen LogP contribution in [0.4, 0.5) is 11.4 Å². The predicted octanol–water partition coefficient (Wildman–Crippen LogP) is 3.23. The van der Waals surface area contributed by atoms with E-state index in [4.69, 9.17) is 5.73 Å². The third-order valence-corrected chi connectivity index (χ3v) is 4.06. The second kappa shape index (κ2) is 4.67. The summed E-state index contributed by atoms with van der Waals surface area (Å²) in [7, 11) is 0. The number of hydrogen-bond donors (Lipinski definition) is 1. The number of aryl methyl sites for hydroxylation is 1. The van der Waals surface area contributed by atoms with Crippen LogP contribution in [0.2, 0.25) is 0 Å². The van der Waals surface area contributed by atoms with Gasteiger partial charge in [-0.1, -0.05) is 36.4 Å². The summed E-state index contributed by atoms with van der Waals surface area (Å²) in [5.41, 5.74) is 11.0. The number of benzene rings is 2. The summed E-state index contributed by atoms with van der Waals surface area (Å²) >= 11 is 0. The standard InChI is InChI=1S/C17H18N2O/c1-11-6-3-4-7-13(11)10-19-16-14(12(2)17(19)20)8-5-9-15(16)18/h3-9,12H,10,18H2,1-2H3. The monoisotopic (exact) mass is 266 g/mol. The largest absolute Gasteiger partial charge is 0.397 e. The number of fused-ring (bicyclic) bond motifs is 1. The molecule has 1 atom stereocenters. The first-order chi connectivity index (χ1) is 9.59. The number of carbonyl (C=O) groups excluding carboxylic acids is 1. The lowest BCUT2D eigenvalue weighted by Gasteiger charge is -2.20. The molecular formula is C17H18N2O. The zero-order chi connectivity index (χ0) is 14.3. The molecule has 2 aromatic rings. The first-order valence-electron chi connectivity index (χ1n) is 6.84. The van der Waals surface area contributed by atoms with E-state index in [0.29, 0.717) is 12.2 Å². The Kier molecular flexibility index (Phi) is 2.97. The molecular weight excluding hydrogens is 248 g/mol. The van der Waals surface area contributed by atoms with Gasteiger partial charge in [0.05, 0.1) is 23.8 Å². The number of hydrogen-bond acceptors (Lipinski definition) is 2. The predicted molar refractivity (Wildman–Crippen MR) is 81.6 cm³/mol. The smallest absolute Gasteiger partial charge is 0.234 e. The van der Waals surface area contributed by atoms with Crippen LogP contribution in [0.1, 0.15) is 29.5 Å². The minimum Gasteiger partial charge on any atom is -0.397 e. The third-order valence-electron chi connectivity index (χ3n) is 4.06. The molecule has 0 spiro atoms. The molecule has 3 heteroatoms. The zero-order valence-corrected chi connectivity index (χ0v) is 11.8. The van der Waals surface area contributed by atoms with Crippen molar-refractivity contribution in [3.05, 3.63) is 59.2 Å². The summed E-state index contributed by atoms with van der Waals surface area (Å²) < 4.78 is 0. The van der Waals surface area contributed by atoms with Crippen molar-refractivity contribution in [1.29, 1.82) is 0 Å². The molecule has 1 aliphatic rings. The van der Waals surface area contributed by atoms with Gasteiger partial charge in [0.25, 0.3) is 0 Å². The number of nitrogens with two attached hydrogens (primary N) is 1. The summed E-state index contributed by atoms with van der Waals surface area (Å²) in [5.74, 6) is 0.0127. The van der Waals surface area contributed by atoms with Crippen LogP contribution in [0.25, 0.3) is 0 Å². The van der Waals surface area contributed by atoms with Gasteiger partial charge in [-0.3, -0.25) is 4.79 Å². The summed E-state index contributed by atoms with van der Waals surface area (Å²) in [4.78, 5) is 14.3. The molecule has 0 radical (unpaired) electrons. The average molecular weight is 266 g/mol. The fraction of sp³-hybridized carbons (Fsp3) is 0.235. The quantitative estimate of drug-likeness (QED) is 0.848. The summed E-state index contributed by atoms with van der Waals surface area (Å²) in [5, 5.41) is 0. The Bertz CT molecular complexity index is 678. The summed E-state index contributed by atoms with van der Waals surface area (Å²) in [6, 6.07) is 13.9. The maximum absolute atomic E-state index is 12.5. The second-order valence-electron chi connectivity index (χ2n) is 5.36. The number of rotatable bonds is 2. The van der Waals surface area contributed by atoms with Crippen molar-refractivity contribution in [3.63, 3.8) is 0 Å². The highest BCUT2D eigenvalue weighted by molar-refractivity contribution is 6.07. The molecule has 0 saturated heterocycles. The van der Waals surface area contributed by atoms with Gasteiger partial charge in [-0.05, 0) is 36.6 Å². The number of nitrogens with zero attached hydrogens (tertiary/aromatic N) is 1. The Morgan fingerprint density at radius 1 is 1.15 bits per heavy atom. The normalized spacial score (nSPS) is 17.4. The van der Waals surface area contributed by atoms with Gasteiger partial charge in [-0.25, -0.2) is 0 Å². The molecule has 0 fully saturated rings. The van der Waals surface area contributed by atoms with Crippen LogP contribution in [0.3, 0.4) is 0 Å². The van der Waals surface area contributed by atoms with Gasteiger partial charge >= 0.3 is 0 Å².